The van der Waals surface area contributed by atoms with Gasteiger partial charge in [0.2, 0.25) is 11.1 Å². The molecule has 0 aliphatic heterocycles. The highest BCUT2D eigenvalue weighted by Gasteiger charge is 2.30. The predicted molar refractivity (Wildman–Crippen MR) is 87.1 cm³/mol. The number of hydrogen-bond acceptors (Lipinski definition) is 5. The molecule has 0 radical (unpaired) electrons. The molecule has 1 heterocycles. The van der Waals surface area contributed by atoms with E-state index in [-0.39, 0.29) is 11.9 Å². The summed E-state index contributed by atoms with van der Waals surface area (Å²) in [6.45, 7) is 0. The van der Waals surface area contributed by atoms with Crippen LogP contribution in [-0.4, -0.2) is 43.8 Å². The van der Waals surface area contributed by atoms with E-state index in [1.165, 1.54) is 22.9 Å². The van der Waals surface area contributed by atoms with Gasteiger partial charge in [0.25, 0.3) is 0 Å². The zero-order valence-electron chi connectivity index (χ0n) is 13.1. The van der Waals surface area contributed by atoms with Crippen molar-refractivity contribution in [2.75, 3.05) is 12.8 Å². The number of nitrogens with zero attached hydrogens (tertiary/aromatic N) is 5. The molecular formula is C16H19N5OS. The summed E-state index contributed by atoms with van der Waals surface area (Å²) < 4.78 is 1.85. The van der Waals surface area contributed by atoms with Gasteiger partial charge in [-0.2, -0.15) is 0 Å². The van der Waals surface area contributed by atoms with Crippen LogP contribution in [0.5, 0.6) is 0 Å². The Morgan fingerprint density at radius 3 is 3.00 bits per heavy atom. The molecule has 1 fully saturated rings. The van der Waals surface area contributed by atoms with Gasteiger partial charge in [0, 0.05) is 7.05 Å². The Morgan fingerprint density at radius 2 is 2.17 bits per heavy atom. The monoisotopic (exact) mass is 329 g/mol. The fourth-order valence-electron chi connectivity index (χ4n) is 3.17. The number of aromatic nitrogens is 4. The fourth-order valence-corrected chi connectivity index (χ4v) is 4.04. The average Bonchev–Trinajstić information content (AvgIpc) is 3.16. The van der Waals surface area contributed by atoms with Gasteiger partial charge in [0.1, 0.15) is 0 Å². The lowest BCUT2D eigenvalue weighted by atomic mass is 10.1. The third kappa shape index (κ3) is 2.85. The minimum Gasteiger partial charge on any atom is -0.338 e. The van der Waals surface area contributed by atoms with E-state index in [9.17, 15) is 4.79 Å². The maximum Gasteiger partial charge on any atom is 0.233 e. The van der Waals surface area contributed by atoms with Crippen LogP contribution in [0, 0.1) is 0 Å². The minimum atomic E-state index is 0.127. The Kier molecular flexibility index (Phi) is 3.80. The Balaban J connectivity index is 1.40. The van der Waals surface area contributed by atoms with E-state index >= 15 is 0 Å². The zero-order chi connectivity index (χ0) is 15.8. The molecule has 1 aromatic carbocycles. The molecule has 0 N–H and O–H groups in total. The van der Waals surface area contributed by atoms with Gasteiger partial charge in [-0.15, -0.1) is 5.10 Å². The van der Waals surface area contributed by atoms with Crippen molar-refractivity contribution in [3.63, 3.8) is 0 Å². The van der Waals surface area contributed by atoms with Crippen molar-refractivity contribution in [2.45, 2.75) is 42.9 Å². The topological polar surface area (TPSA) is 63.9 Å². The van der Waals surface area contributed by atoms with Crippen molar-refractivity contribution in [1.29, 1.82) is 0 Å². The van der Waals surface area contributed by atoms with Gasteiger partial charge in [0.05, 0.1) is 17.8 Å². The van der Waals surface area contributed by atoms with Crippen molar-refractivity contribution in [3.05, 3.63) is 35.4 Å². The third-order valence-electron chi connectivity index (χ3n) is 4.64. The predicted octanol–water partition coefficient (Wildman–Crippen LogP) is 2.25. The molecule has 7 heteroatoms. The second kappa shape index (κ2) is 5.96. The van der Waals surface area contributed by atoms with Crippen LogP contribution in [0.4, 0.5) is 0 Å². The normalized spacial score (nSPS) is 19.6. The Morgan fingerprint density at radius 1 is 1.35 bits per heavy atom. The van der Waals surface area contributed by atoms with Crippen molar-refractivity contribution < 1.29 is 4.79 Å². The molecular weight excluding hydrogens is 310 g/mol. The maximum absolute atomic E-state index is 12.6. The number of fused-ring (bicyclic) bond motifs is 1. The highest BCUT2D eigenvalue weighted by atomic mass is 32.2. The first-order chi connectivity index (χ1) is 11.2. The minimum absolute atomic E-state index is 0.127. The summed E-state index contributed by atoms with van der Waals surface area (Å²) in [6.07, 6.45) is 4.31. The van der Waals surface area contributed by atoms with Gasteiger partial charge < -0.3 is 4.90 Å². The van der Waals surface area contributed by atoms with E-state index < -0.39 is 0 Å². The summed E-state index contributed by atoms with van der Waals surface area (Å²) in [4.78, 5) is 14.4. The smallest absolute Gasteiger partial charge is 0.233 e. The summed E-state index contributed by atoms with van der Waals surface area (Å²) in [5.41, 5.74) is 2.65. The Labute approximate surface area is 139 Å². The van der Waals surface area contributed by atoms with Crippen LogP contribution in [0.3, 0.4) is 0 Å². The van der Waals surface area contributed by atoms with E-state index in [1.807, 2.05) is 22.7 Å². The van der Waals surface area contributed by atoms with E-state index in [0.717, 1.165) is 30.8 Å². The van der Waals surface area contributed by atoms with E-state index in [1.54, 1.807) is 0 Å². The largest absolute Gasteiger partial charge is 0.338 e. The number of tetrazole rings is 1. The number of benzene rings is 1. The van der Waals surface area contributed by atoms with E-state index in [0.29, 0.717) is 11.8 Å². The second-order valence-electron chi connectivity index (χ2n) is 6.18. The van der Waals surface area contributed by atoms with Gasteiger partial charge in [0.15, 0.2) is 0 Å². The number of amides is 1. The molecule has 120 valence electrons. The lowest BCUT2D eigenvalue weighted by molar-refractivity contribution is -0.129. The number of carbonyl (C=O) groups is 1. The Bertz CT molecular complexity index is 727. The van der Waals surface area contributed by atoms with Gasteiger partial charge in [-0.25, -0.2) is 4.68 Å². The molecule has 4 rings (SSSR count). The first-order valence-electron chi connectivity index (χ1n) is 7.98. The molecule has 0 saturated heterocycles. The SMILES string of the molecule is CN(C(=O)CSc1nnnn1C1CC1)[C@H]1CCc2ccccc21. The first-order valence-corrected chi connectivity index (χ1v) is 8.96. The maximum atomic E-state index is 12.6. The van der Waals surface area contributed by atoms with Crippen molar-refractivity contribution in [2.24, 2.45) is 0 Å². The summed E-state index contributed by atoms with van der Waals surface area (Å²) in [5.74, 6) is 0.504. The van der Waals surface area contributed by atoms with Crippen LogP contribution in [0.2, 0.25) is 0 Å². The Hall–Kier alpha value is -1.89. The van der Waals surface area contributed by atoms with E-state index in [2.05, 4.69) is 33.7 Å². The third-order valence-corrected chi connectivity index (χ3v) is 5.56. The quantitative estimate of drug-likeness (QED) is 0.787. The van der Waals surface area contributed by atoms with E-state index in [4.69, 9.17) is 0 Å². The standard InChI is InChI=1S/C16H19N5OS/c1-20(14-9-6-11-4-2-3-5-13(11)14)15(22)10-23-16-17-18-19-21(16)12-7-8-12/h2-5,12,14H,6-10H2,1H3/t14-/m0/s1. The van der Waals surface area contributed by atoms with Crippen molar-refractivity contribution in [1.82, 2.24) is 25.1 Å². The lowest BCUT2D eigenvalue weighted by Gasteiger charge is -2.25. The van der Waals surface area contributed by atoms with Crippen LogP contribution in [0.15, 0.2) is 29.4 Å². The number of thioether (sulfide) groups is 1. The molecule has 2 aliphatic carbocycles. The number of rotatable bonds is 5. The fraction of sp³-hybridized carbons (Fsp3) is 0.500. The molecule has 0 unspecified atom stereocenters. The number of carbonyl (C=O) groups excluding carboxylic acids is 1. The molecule has 6 nitrogen and oxygen atoms in total. The summed E-state index contributed by atoms with van der Waals surface area (Å²) in [7, 11) is 1.90. The lowest BCUT2D eigenvalue weighted by Crippen LogP contribution is -2.31. The van der Waals surface area contributed by atoms with Crippen LogP contribution in [0.1, 0.15) is 42.5 Å². The number of hydrogen-bond donors (Lipinski definition) is 0. The summed E-state index contributed by atoms with van der Waals surface area (Å²) >= 11 is 1.43. The summed E-state index contributed by atoms with van der Waals surface area (Å²) in [6, 6.07) is 9.04. The van der Waals surface area contributed by atoms with Crippen molar-refractivity contribution >= 4 is 17.7 Å². The molecule has 2 aromatic rings. The number of aryl methyl sites for hydroxylation is 1. The first kappa shape index (κ1) is 14.7. The highest BCUT2D eigenvalue weighted by Crippen LogP contribution is 2.37. The molecule has 1 aromatic heterocycles. The summed E-state index contributed by atoms with van der Waals surface area (Å²) in [5, 5.41) is 12.5. The molecule has 1 atom stereocenters. The van der Waals surface area contributed by atoms with Gasteiger partial charge >= 0.3 is 0 Å². The average molecular weight is 329 g/mol. The van der Waals surface area contributed by atoms with Crippen molar-refractivity contribution in [3.8, 4) is 0 Å². The molecule has 0 spiro atoms. The van der Waals surface area contributed by atoms with Gasteiger partial charge in [-0.1, -0.05) is 36.0 Å². The van der Waals surface area contributed by atoms with Crippen LogP contribution >= 0.6 is 11.8 Å². The van der Waals surface area contributed by atoms with Crippen LogP contribution in [-0.2, 0) is 11.2 Å². The second-order valence-corrected chi connectivity index (χ2v) is 7.13. The molecule has 0 bridgehead atoms. The molecule has 1 amide bonds. The van der Waals surface area contributed by atoms with Gasteiger partial charge in [-0.3, -0.25) is 4.79 Å². The van der Waals surface area contributed by atoms with Crippen LogP contribution in [0.25, 0.3) is 0 Å². The van der Waals surface area contributed by atoms with Crippen LogP contribution < -0.4 is 0 Å². The van der Waals surface area contributed by atoms with Gasteiger partial charge in [-0.05, 0) is 47.2 Å². The zero-order valence-corrected chi connectivity index (χ0v) is 13.9. The molecule has 1 saturated carbocycles. The molecule has 23 heavy (non-hydrogen) atoms. The highest BCUT2D eigenvalue weighted by molar-refractivity contribution is 7.99. The molecule has 2 aliphatic rings.